The van der Waals surface area contributed by atoms with Gasteiger partial charge in [0.1, 0.15) is 5.75 Å². The predicted molar refractivity (Wildman–Crippen MR) is 209 cm³/mol. The summed E-state index contributed by atoms with van der Waals surface area (Å²) in [7, 11) is 1.54. The number of methoxy groups -OCH3 is 1. The van der Waals surface area contributed by atoms with Crippen molar-refractivity contribution >= 4 is 35.5 Å². The van der Waals surface area contributed by atoms with Crippen molar-refractivity contribution in [1.82, 2.24) is 9.80 Å². The van der Waals surface area contributed by atoms with Crippen LogP contribution in [-0.2, 0) is 52.3 Å². The first-order valence-corrected chi connectivity index (χ1v) is 18.9. The maximum atomic E-state index is 13.4. The molecule has 4 heterocycles. The number of thioether (sulfide) groups is 1. The van der Waals surface area contributed by atoms with Crippen molar-refractivity contribution < 1.29 is 59.3 Å². The molecule has 2 saturated heterocycles. The van der Waals surface area contributed by atoms with Gasteiger partial charge in [0.05, 0.1) is 40.4 Å². The maximum absolute atomic E-state index is 13.4. The van der Waals surface area contributed by atoms with Gasteiger partial charge in [-0.1, -0.05) is 38.1 Å². The number of aliphatic imine (C=N–C) groups is 1. The molecule has 0 aromatic heterocycles. The number of carbonyl (C=O) groups is 2. The van der Waals surface area contributed by atoms with E-state index in [1.807, 2.05) is 53.9 Å². The number of nitrogens with zero attached hydrogens (tertiary/aromatic N) is 3. The molecule has 2 fully saturated rings. The number of rotatable bonds is 9. The Morgan fingerprint density at radius 1 is 0.962 bits per heavy atom. The van der Waals surface area contributed by atoms with E-state index in [2.05, 4.69) is 38.1 Å². The average Bonchev–Trinajstić information content (AvgIpc) is 3.76. The van der Waals surface area contributed by atoms with E-state index in [9.17, 15) is 9.59 Å². The largest absolute Gasteiger partial charge is 0.501 e. The number of ether oxygens (including phenoxy) is 3. The molecule has 3 aromatic rings. The van der Waals surface area contributed by atoms with Crippen LogP contribution in [0.2, 0.25) is 0 Å². The molecule has 277 valence electrons. The molecule has 4 aliphatic rings. The van der Waals surface area contributed by atoms with Gasteiger partial charge < -0.3 is 30.9 Å². The van der Waals surface area contributed by atoms with Gasteiger partial charge in [-0.05, 0) is 72.9 Å². The second-order valence-corrected chi connectivity index (χ2v) is 16.0. The van der Waals surface area contributed by atoms with Crippen LogP contribution in [0.3, 0.4) is 0 Å². The molecule has 0 aliphatic carbocycles. The molecule has 0 spiro atoms. The Labute approximate surface area is 347 Å². The third-order valence-corrected chi connectivity index (χ3v) is 11.5. The first kappa shape index (κ1) is 37.9. The zero-order valence-corrected chi connectivity index (χ0v) is 35.0. The van der Waals surface area contributed by atoms with E-state index in [4.69, 9.17) is 17.0 Å². The fourth-order valence-corrected chi connectivity index (χ4v) is 7.02. The van der Waals surface area contributed by atoms with Gasteiger partial charge in [0.15, 0.2) is 11.5 Å². The van der Waals surface area contributed by atoms with Crippen molar-refractivity contribution in [1.29, 1.82) is 0 Å². The number of aryl methyl sites for hydroxylation is 2. The summed E-state index contributed by atoms with van der Waals surface area (Å²) in [6, 6.07) is 16.3. The van der Waals surface area contributed by atoms with Gasteiger partial charge >= 0.3 is 0 Å². The van der Waals surface area contributed by atoms with Crippen molar-refractivity contribution in [2.75, 3.05) is 26.5 Å². The van der Waals surface area contributed by atoms with E-state index in [0.29, 0.717) is 53.6 Å². The van der Waals surface area contributed by atoms with Crippen molar-refractivity contribution in [2.24, 2.45) is 4.99 Å². The predicted octanol–water partition coefficient (Wildman–Crippen LogP) is 8.52. The first-order chi connectivity index (χ1) is 26.0. The molecule has 53 heavy (non-hydrogen) atoms. The molecule has 10 heteroatoms. The van der Waals surface area contributed by atoms with Crippen molar-refractivity contribution in [2.45, 2.75) is 82.9 Å². The van der Waals surface area contributed by atoms with Crippen LogP contribution in [0.5, 0.6) is 17.2 Å². The Kier molecular flexibility index (Phi) is 12.4. The Morgan fingerprint density at radius 3 is 2.30 bits per heavy atom. The fourth-order valence-electron chi connectivity index (χ4n) is 6.81. The second-order valence-electron chi connectivity index (χ2n) is 14.5. The number of benzene rings is 3. The average molecular weight is 813 g/mol. The number of amides is 2. The Hall–Kier alpha value is -3.40. The molecule has 0 N–H and O–H groups in total. The Morgan fingerprint density at radius 2 is 1.64 bits per heavy atom. The van der Waals surface area contributed by atoms with Gasteiger partial charge in [-0.3, -0.25) is 14.6 Å². The van der Waals surface area contributed by atoms with Gasteiger partial charge in [0, 0.05) is 69.7 Å². The molecule has 3 aromatic carbocycles. The van der Waals surface area contributed by atoms with Crippen molar-refractivity contribution in [3.8, 4) is 17.2 Å². The van der Waals surface area contributed by atoms with Gasteiger partial charge in [-0.2, -0.15) is 42.4 Å². The Balaban J connectivity index is 0.000000664. The summed E-state index contributed by atoms with van der Waals surface area (Å²) in [6.07, 6.45) is 7.95. The van der Waals surface area contributed by atoms with Crippen LogP contribution in [0.25, 0.3) is 0 Å². The minimum absolute atomic E-state index is 0. The summed E-state index contributed by atoms with van der Waals surface area (Å²) in [4.78, 5) is 35.0. The van der Waals surface area contributed by atoms with Crippen molar-refractivity contribution in [3.05, 3.63) is 113 Å². The SMILES string of the molecule is [3H]C=C1C[C@H]2CCc3cc(OCc4c[c-]cc(COc5cc6c(cc5OC)C(=O)N5CC(=C[3H])C[C@H]5C=N6)c4)c(C)cc3C(=O)N2C1.[CH2-]CC(C)(C)SC.[Y]. The van der Waals surface area contributed by atoms with Crippen LogP contribution in [0.15, 0.2) is 71.7 Å². The molecule has 4 aliphatic heterocycles. The summed E-state index contributed by atoms with van der Waals surface area (Å²) < 4.78 is 33.6. The van der Waals surface area contributed by atoms with E-state index in [-0.39, 0.29) is 63.2 Å². The zero-order valence-electron chi connectivity index (χ0n) is 33.4. The summed E-state index contributed by atoms with van der Waals surface area (Å²) in [6.45, 7) is 14.4. The van der Waals surface area contributed by atoms with E-state index in [1.54, 1.807) is 30.4 Å². The van der Waals surface area contributed by atoms with Gasteiger partial charge in [-0.15, -0.1) is 11.1 Å². The molecular weight excluding hydrogens is 759 g/mol. The normalized spacial score (nSPS) is 20.9. The van der Waals surface area contributed by atoms with E-state index in [1.165, 1.54) is 13.1 Å². The quantitative estimate of drug-likeness (QED) is 0.159. The summed E-state index contributed by atoms with van der Waals surface area (Å²) >= 11 is 1.86. The molecule has 0 saturated carbocycles. The van der Waals surface area contributed by atoms with Crippen LogP contribution in [-0.4, -0.2) is 71.1 Å². The van der Waals surface area contributed by atoms with Crippen LogP contribution in [0, 0.1) is 19.9 Å². The van der Waals surface area contributed by atoms with E-state index in [0.717, 1.165) is 70.4 Å². The van der Waals surface area contributed by atoms with Crippen LogP contribution in [0.4, 0.5) is 5.69 Å². The minimum atomic E-state index is -0.169. The topological polar surface area (TPSA) is 80.7 Å². The number of hydrogen-bond donors (Lipinski definition) is 0. The molecule has 1 radical (unpaired) electrons. The van der Waals surface area contributed by atoms with Gasteiger partial charge in [0.25, 0.3) is 11.8 Å². The maximum Gasteiger partial charge on any atom is 0.257 e. The number of fused-ring (bicyclic) bond motifs is 4. The zero-order chi connectivity index (χ0) is 38.6. The molecule has 8 nitrogen and oxygen atoms in total. The van der Waals surface area contributed by atoms with Crippen LogP contribution < -0.4 is 14.2 Å². The molecular formula is C43H49N3O5SY-2. The molecule has 2 atom stereocenters. The van der Waals surface area contributed by atoms with Gasteiger partial charge in [-0.25, -0.2) is 0 Å². The third kappa shape index (κ3) is 9.29. The van der Waals surface area contributed by atoms with Crippen LogP contribution in [0.1, 0.15) is 85.2 Å². The first-order valence-electron chi connectivity index (χ1n) is 18.9. The van der Waals surface area contributed by atoms with E-state index < -0.39 is 0 Å². The van der Waals surface area contributed by atoms with E-state index >= 15 is 0 Å². The van der Waals surface area contributed by atoms with Gasteiger partial charge in [0.2, 0.25) is 0 Å². The monoisotopic (exact) mass is 812 g/mol. The van der Waals surface area contributed by atoms with Crippen molar-refractivity contribution in [3.63, 3.8) is 0 Å². The number of carbonyl (C=O) groups excluding carboxylic acids is 2. The third-order valence-electron chi connectivity index (χ3n) is 10.2. The fraction of sp³-hybridized carbons (Fsp3) is 0.395. The minimum Gasteiger partial charge on any atom is -0.501 e. The summed E-state index contributed by atoms with van der Waals surface area (Å²) in [5.74, 6) is 1.57. The molecule has 0 bridgehead atoms. The Bertz CT molecular complexity index is 1990. The second kappa shape index (κ2) is 17.4. The number of hydrogen-bond acceptors (Lipinski definition) is 7. The smallest absolute Gasteiger partial charge is 0.257 e. The molecule has 2 amide bonds. The molecule has 0 unspecified atom stereocenters. The molecule has 7 rings (SSSR count). The standard InChI is InChI=1S/C37H36N3O5.C6H13S.Y/c1-22-10-28-9-8-27-14-33(24(3)12-30(27)36(41)39(28)18-22)44-20-25-6-5-7-26(13-25)21-45-35-16-32-31(15-34(35)43-4)37(42)40-19-23(2)11-29(40)17-38-32;1-5-6(2,3)7-4;/h6-7,12-17,28-29H,1-2,8-11,18-21H2,3-4H3;1,5H2,2-4H3;/q2*-1;/t28-,29+;;/m1../s1/i1T,2T;;. The summed E-state index contributed by atoms with van der Waals surface area (Å²) in [5, 5.41) is 0. The van der Waals surface area contributed by atoms with Crippen LogP contribution >= 0.6 is 11.8 Å². The summed E-state index contributed by atoms with van der Waals surface area (Å²) in [5.41, 5.74) is 7.34.